The van der Waals surface area contributed by atoms with Crippen LogP contribution in [-0.2, 0) is 13.5 Å². The average Bonchev–Trinajstić information content (AvgIpc) is 3.49. The minimum atomic E-state index is -3.14. The molecule has 3 heterocycles. The number of carbonyl (C=O) groups excluding carboxylic acids is 2. The van der Waals surface area contributed by atoms with E-state index < -0.39 is 18.3 Å². The summed E-state index contributed by atoms with van der Waals surface area (Å²) in [7, 11) is 2.89. The molecular weight excluding hydrogens is 536 g/mol. The topological polar surface area (TPSA) is 115 Å². The second kappa shape index (κ2) is 11.2. The Morgan fingerprint density at radius 2 is 1.78 bits per heavy atom. The molecule has 13 heteroatoms. The van der Waals surface area contributed by atoms with Crippen molar-refractivity contribution in [2.24, 2.45) is 7.05 Å². The molecule has 2 aromatic heterocycles. The van der Waals surface area contributed by atoms with Gasteiger partial charge in [-0.3, -0.25) is 14.6 Å². The van der Waals surface area contributed by atoms with Gasteiger partial charge in [0.15, 0.2) is 0 Å². The minimum Gasteiger partial charge on any atom is -0.401 e. The lowest BCUT2D eigenvalue weighted by molar-refractivity contribution is -0.0575. The number of hydrogen-bond acceptors (Lipinski definition) is 6. The van der Waals surface area contributed by atoms with Gasteiger partial charge in [0, 0.05) is 50.2 Å². The number of ether oxygens (including phenoxy) is 1. The van der Waals surface area contributed by atoms with E-state index in [1.54, 1.807) is 71.6 Å². The number of nitrogens with zero attached hydrogens (tertiary/aromatic N) is 6. The van der Waals surface area contributed by atoms with E-state index in [1.165, 1.54) is 7.05 Å². The summed E-state index contributed by atoms with van der Waals surface area (Å²) in [4.78, 5) is 45.9. The Hall–Kier alpha value is -5.07. The Kier molecular flexibility index (Phi) is 7.51. The quantitative estimate of drug-likeness (QED) is 0.351. The van der Waals surface area contributed by atoms with Crippen LogP contribution in [0.2, 0.25) is 0 Å². The molecule has 1 fully saturated rings. The van der Waals surface area contributed by atoms with Gasteiger partial charge in [0.2, 0.25) is 0 Å². The van der Waals surface area contributed by atoms with Crippen LogP contribution in [0.3, 0.4) is 0 Å². The zero-order valence-electron chi connectivity index (χ0n) is 22.5. The highest BCUT2D eigenvalue weighted by molar-refractivity contribution is 6.07. The van der Waals surface area contributed by atoms with Gasteiger partial charge in [-0.05, 0) is 53.9 Å². The van der Waals surface area contributed by atoms with Crippen LogP contribution in [0.25, 0.3) is 16.8 Å². The lowest BCUT2D eigenvalue weighted by Crippen LogP contribution is -2.33. The summed E-state index contributed by atoms with van der Waals surface area (Å²) in [6, 6.07) is 14.7. The first-order valence-corrected chi connectivity index (χ1v) is 12.8. The monoisotopic (exact) mass is 563 g/mol. The van der Waals surface area contributed by atoms with Crippen molar-refractivity contribution in [2.75, 3.05) is 29.9 Å². The lowest BCUT2D eigenvalue weighted by atomic mass is 9.98. The van der Waals surface area contributed by atoms with E-state index >= 15 is 0 Å². The smallest absolute Gasteiger partial charge is 0.389 e. The van der Waals surface area contributed by atoms with E-state index in [0.29, 0.717) is 42.3 Å². The van der Waals surface area contributed by atoms with Crippen LogP contribution in [0, 0.1) is 0 Å². The summed E-state index contributed by atoms with van der Waals surface area (Å²) in [6.45, 7) is -0.348. The summed E-state index contributed by atoms with van der Waals surface area (Å²) in [5, 5.41) is 6.33. The van der Waals surface area contributed by atoms with Crippen molar-refractivity contribution in [1.82, 2.24) is 24.6 Å². The van der Waals surface area contributed by atoms with E-state index in [1.807, 2.05) is 13.0 Å². The number of nitrogens with one attached hydrogen (secondary N) is 1. The molecule has 41 heavy (non-hydrogen) atoms. The van der Waals surface area contributed by atoms with Crippen molar-refractivity contribution < 1.29 is 23.1 Å². The lowest BCUT2D eigenvalue weighted by Gasteiger charge is -2.22. The van der Waals surface area contributed by atoms with Crippen LogP contribution < -0.4 is 25.5 Å². The Labute approximate surface area is 233 Å². The average molecular weight is 564 g/mol. The molecule has 1 saturated heterocycles. The van der Waals surface area contributed by atoms with Crippen LogP contribution in [0.5, 0.6) is 6.01 Å². The largest absolute Gasteiger partial charge is 0.401 e. The molecule has 1 N–H and O–H groups in total. The molecule has 0 spiro atoms. The minimum absolute atomic E-state index is 0.241. The van der Waals surface area contributed by atoms with Crippen LogP contribution in [0.15, 0.2) is 65.6 Å². The van der Waals surface area contributed by atoms with E-state index in [4.69, 9.17) is 0 Å². The molecule has 5 rings (SSSR count). The van der Waals surface area contributed by atoms with Gasteiger partial charge in [-0.25, -0.2) is 23.8 Å². The zero-order chi connectivity index (χ0) is 29.3. The number of aromatic nitrogens is 4. The van der Waals surface area contributed by atoms with Gasteiger partial charge in [0.1, 0.15) is 5.82 Å². The number of rotatable bonds is 8. The first-order chi connectivity index (χ1) is 19.7. The third kappa shape index (κ3) is 5.13. The summed E-state index contributed by atoms with van der Waals surface area (Å²) >= 11 is 0. The normalized spacial score (nSPS) is 13.3. The van der Waals surface area contributed by atoms with Crippen molar-refractivity contribution in [3.05, 3.63) is 82.4 Å². The molecular formula is C28H27F2N7O4. The highest BCUT2D eigenvalue weighted by atomic mass is 19.3. The molecule has 212 valence electrons. The second-order valence-corrected chi connectivity index (χ2v) is 9.18. The highest BCUT2D eigenvalue weighted by Gasteiger charge is 2.33. The molecule has 3 amide bonds. The standard InChI is InChI=1S/C28H27F2N7O4/c1-4-21-22(17-8-10-19(11-9-17)37-26(41-25(29)30)33-34(3)27(37)39)12-13-32-23(21)36-15-14-35(28(36)40)20-7-5-6-18(16-20)24(38)31-2/h5-13,16,25H,4,14-15H2,1-3H3,(H,31,38). The Morgan fingerprint density at radius 1 is 1.05 bits per heavy atom. The van der Waals surface area contributed by atoms with Crippen molar-refractivity contribution in [2.45, 2.75) is 20.0 Å². The summed E-state index contributed by atoms with van der Waals surface area (Å²) in [5.74, 6) is 0.287. The number of aryl methyl sites for hydroxylation is 1. The third-order valence-electron chi connectivity index (χ3n) is 6.82. The maximum atomic E-state index is 13.5. The maximum absolute atomic E-state index is 13.5. The van der Waals surface area contributed by atoms with Crippen molar-refractivity contribution in [3.63, 3.8) is 0 Å². The van der Waals surface area contributed by atoms with Crippen LogP contribution in [0.1, 0.15) is 22.8 Å². The first kappa shape index (κ1) is 27.5. The molecule has 0 atom stereocenters. The SMILES string of the molecule is CCc1c(-c2ccc(-n3c(OC(F)F)nn(C)c3=O)cc2)ccnc1N1CCN(c2cccc(C(=O)NC)c2)C1=O. The molecule has 2 aromatic carbocycles. The number of pyridine rings is 1. The van der Waals surface area contributed by atoms with Gasteiger partial charge in [-0.1, -0.05) is 25.1 Å². The number of alkyl halides is 2. The van der Waals surface area contributed by atoms with E-state index in [0.717, 1.165) is 25.9 Å². The molecule has 1 aliphatic rings. The highest BCUT2D eigenvalue weighted by Crippen LogP contribution is 2.33. The van der Waals surface area contributed by atoms with Gasteiger partial charge < -0.3 is 10.1 Å². The molecule has 11 nitrogen and oxygen atoms in total. The third-order valence-corrected chi connectivity index (χ3v) is 6.82. The summed E-state index contributed by atoms with van der Waals surface area (Å²) < 4.78 is 32.0. The fraction of sp³-hybridized carbons (Fsp3) is 0.250. The maximum Gasteiger partial charge on any atom is 0.389 e. The number of amides is 3. The molecule has 0 saturated carbocycles. The van der Waals surface area contributed by atoms with Crippen LogP contribution in [-0.4, -0.2) is 58.0 Å². The summed E-state index contributed by atoms with van der Waals surface area (Å²) in [6.07, 6.45) is 2.20. The van der Waals surface area contributed by atoms with Gasteiger partial charge in [-0.2, -0.15) is 8.78 Å². The number of benzene rings is 2. The Bertz CT molecular complexity index is 1670. The molecule has 4 aromatic rings. The Balaban J connectivity index is 1.45. The fourth-order valence-electron chi connectivity index (χ4n) is 4.87. The van der Waals surface area contributed by atoms with Gasteiger partial charge in [0.25, 0.3) is 5.91 Å². The van der Waals surface area contributed by atoms with Crippen LogP contribution in [0.4, 0.5) is 25.1 Å². The number of carbonyl (C=O) groups is 2. The molecule has 1 aliphatic heterocycles. The predicted molar refractivity (Wildman–Crippen MR) is 148 cm³/mol. The number of halogens is 2. The number of urea groups is 1. The molecule has 0 bridgehead atoms. The van der Waals surface area contributed by atoms with Gasteiger partial charge >= 0.3 is 24.3 Å². The molecule has 0 aliphatic carbocycles. The van der Waals surface area contributed by atoms with E-state index in [-0.39, 0.29) is 11.9 Å². The van der Waals surface area contributed by atoms with Crippen molar-refractivity contribution in [1.29, 1.82) is 0 Å². The predicted octanol–water partition coefficient (Wildman–Crippen LogP) is 3.60. The second-order valence-electron chi connectivity index (χ2n) is 9.18. The molecule has 0 radical (unpaired) electrons. The zero-order valence-corrected chi connectivity index (χ0v) is 22.5. The number of hydrogen-bond donors (Lipinski definition) is 1. The molecule has 0 unspecified atom stereocenters. The fourth-order valence-corrected chi connectivity index (χ4v) is 4.87. The first-order valence-electron chi connectivity index (χ1n) is 12.8. The van der Waals surface area contributed by atoms with E-state index in [9.17, 15) is 23.2 Å². The van der Waals surface area contributed by atoms with Crippen LogP contribution >= 0.6 is 0 Å². The van der Waals surface area contributed by atoms with E-state index in [2.05, 4.69) is 20.1 Å². The number of anilines is 2. The van der Waals surface area contributed by atoms with Gasteiger partial charge in [-0.15, -0.1) is 5.10 Å². The Morgan fingerprint density at radius 3 is 2.46 bits per heavy atom. The van der Waals surface area contributed by atoms with Crippen molar-refractivity contribution in [3.8, 4) is 22.8 Å². The van der Waals surface area contributed by atoms with Gasteiger partial charge in [0.05, 0.1) is 5.69 Å². The van der Waals surface area contributed by atoms with Crippen molar-refractivity contribution >= 4 is 23.4 Å². The summed E-state index contributed by atoms with van der Waals surface area (Å²) in [5.41, 5.74) is 3.20.